The van der Waals surface area contributed by atoms with Gasteiger partial charge in [-0.2, -0.15) is 0 Å². The van der Waals surface area contributed by atoms with Gasteiger partial charge >= 0.3 is 6.09 Å². The van der Waals surface area contributed by atoms with Crippen molar-refractivity contribution in [3.05, 3.63) is 23.0 Å². The highest BCUT2D eigenvalue weighted by atomic mass is 35.5. The van der Waals surface area contributed by atoms with Crippen LogP contribution in [0.1, 0.15) is 37.0 Å². The summed E-state index contributed by atoms with van der Waals surface area (Å²) in [6, 6.07) is 1.22. The van der Waals surface area contributed by atoms with Gasteiger partial charge in [-0.05, 0) is 32.8 Å². The first-order valence-electron chi connectivity index (χ1n) is 8.65. The van der Waals surface area contributed by atoms with E-state index in [1.165, 1.54) is 26.1 Å². The lowest BCUT2D eigenvalue weighted by Gasteiger charge is -2.44. The molecule has 1 aliphatic rings. The topological polar surface area (TPSA) is 144 Å². The van der Waals surface area contributed by atoms with Gasteiger partial charge in [-0.15, -0.1) is 0 Å². The molecule has 6 N–H and O–H groups in total. The van der Waals surface area contributed by atoms with Crippen molar-refractivity contribution in [1.82, 2.24) is 15.6 Å². The van der Waals surface area contributed by atoms with Crippen molar-refractivity contribution in [2.24, 2.45) is 0 Å². The number of aromatic nitrogens is 1. The van der Waals surface area contributed by atoms with Crippen molar-refractivity contribution in [2.75, 3.05) is 18.4 Å². The maximum absolute atomic E-state index is 13.8. The number of hydrogen-bond donors (Lipinski definition) is 6. The van der Waals surface area contributed by atoms with E-state index >= 15 is 0 Å². The standard InChI is InChI=1S/C17H24ClFN4O5/c1-16(2,27)12(19)7-21-14(24)10-6-20-13(18)3-11(10)23-9-4-17(28,5-9)8-22-15(25)26/h3,6,9,12,22,27-28H,4-5,7-8H2,1-2H3,(H,20,23)(H,21,24)(H,25,26). The summed E-state index contributed by atoms with van der Waals surface area (Å²) >= 11 is 5.89. The number of hydrogen-bond acceptors (Lipinski definition) is 6. The number of halogens is 2. The van der Waals surface area contributed by atoms with Crippen LogP contribution in [-0.2, 0) is 0 Å². The maximum atomic E-state index is 13.8. The van der Waals surface area contributed by atoms with Crippen molar-refractivity contribution in [3.8, 4) is 0 Å². The summed E-state index contributed by atoms with van der Waals surface area (Å²) in [5.41, 5.74) is -2.27. The van der Waals surface area contributed by atoms with Crippen LogP contribution in [0.3, 0.4) is 0 Å². The molecule has 2 amide bonds. The molecule has 1 unspecified atom stereocenters. The highest BCUT2D eigenvalue weighted by Crippen LogP contribution is 2.35. The van der Waals surface area contributed by atoms with Crippen molar-refractivity contribution in [2.45, 2.75) is 50.1 Å². The van der Waals surface area contributed by atoms with Gasteiger partial charge in [-0.1, -0.05) is 11.6 Å². The largest absolute Gasteiger partial charge is 0.465 e. The quantitative estimate of drug-likeness (QED) is 0.347. The minimum absolute atomic E-state index is 0.0974. The van der Waals surface area contributed by atoms with Gasteiger partial charge in [-0.25, -0.2) is 14.2 Å². The monoisotopic (exact) mass is 418 g/mol. The average Bonchev–Trinajstić information content (AvgIpc) is 2.55. The molecule has 28 heavy (non-hydrogen) atoms. The number of pyridine rings is 1. The molecule has 2 rings (SSSR count). The van der Waals surface area contributed by atoms with Crippen LogP contribution in [0.5, 0.6) is 0 Å². The molecule has 1 heterocycles. The van der Waals surface area contributed by atoms with Gasteiger partial charge in [0.1, 0.15) is 11.3 Å². The van der Waals surface area contributed by atoms with E-state index in [0.717, 1.165) is 0 Å². The molecule has 0 aromatic carbocycles. The van der Waals surface area contributed by atoms with Crippen molar-refractivity contribution >= 4 is 29.3 Å². The molecule has 1 saturated carbocycles. The van der Waals surface area contributed by atoms with E-state index in [9.17, 15) is 24.2 Å². The van der Waals surface area contributed by atoms with E-state index < -0.39 is 29.4 Å². The third-order valence-corrected chi connectivity index (χ3v) is 4.71. The van der Waals surface area contributed by atoms with Gasteiger partial charge in [0.25, 0.3) is 5.91 Å². The number of carbonyl (C=O) groups is 2. The van der Waals surface area contributed by atoms with Crippen LogP contribution in [0.25, 0.3) is 0 Å². The Kier molecular flexibility index (Phi) is 6.68. The fourth-order valence-corrected chi connectivity index (χ4v) is 2.98. The lowest BCUT2D eigenvalue weighted by Crippen LogP contribution is -2.56. The van der Waals surface area contributed by atoms with Gasteiger partial charge in [0.2, 0.25) is 0 Å². The smallest absolute Gasteiger partial charge is 0.404 e. The Hall–Kier alpha value is -2.17. The number of nitrogens with one attached hydrogen (secondary N) is 3. The second-order valence-electron chi connectivity index (χ2n) is 7.52. The predicted molar refractivity (Wildman–Crippen MR) is 100 cm³/mol. The summed E-state index contributed by atoms with van der Waals surface area (Å²) < 4.78 is 13.8. The fraction of sp³-hybridized carbons (Fsp3) is 0.588. The molecule has 1 aliphatic carbocycles. The van der Waals surface area contributed by atoms with E-state index in [-0.39, 0.29) is 42.7 Å². The van der Waals surface area contributed by atoms with Crippen LogP contribution in [0.2, 0.25) is 5.15 Å². The zero-order valence-electron chi connectivity index (χ0n) is 15.5. The number of alkyl halides is 1. The predicted octanol–water partition coefficient (Wildman–Crippen LogP) is 1.15. The molecular weight excluding hydrogens is 395 g/mol. The van der Waals surface area contributed by atoms with E-state index in [0.29, 0.717) is 5.69 Å². The highest BCUT2D eigenvalue weighted by molar-refractivity contribution is 6.29. The number of carbonyl (C=O) groups excluding carboxylic acids is 1. The van der Waals surface area contributed by atoms with Crippen molar-refractivity contribution < 1.29 is 29.3 Å². The number of aliphatic hydroxyl groups is 2. The number of amides is 2. The summed E-state index contributed by atoms with van der Waals surface area (Å²) in [4.78, 5) is 26.8. The molecule has 0 radical (unpaired) electrons. The van der Waals surface area contributed by atoms with Crippen molar-refractivity contribution in [1.29, 1.82) is 0 Å². The lowest BCUT2D eigenvalue weighted by atomic mass is 9.75. The Labute approximate surface area is 166 Å². The van der Waals surface area contributed by atoms with E-state index in [1.807, 2.05) is 0 Å². The Morgan fingerprint density at radius 2 is 2.07 bits per heavy atom. The lowest BCUT2D eigenvalue weighted by molar-refractivity contribution is -0.0383. The first-order chi connectivity index (χ1) is 12.9. The first-order valence-corrected chi connectivity index (χ1v) is 9.03. The fourth-order valence-electron chi connectivity index (χ4n) is 2.82. The van der Waals surface area contributed by atoms with Crippen LogP contribution in [-0.4, -0.2) is 68.8 Å². The Morgan fingerprint density at radius 3 is 2.64 bits per heavy atom. The van der Waals surface area contributed by atoms with E-state index in [2.05, 4.69) is 20.9 Å². The Bertz CT molecular complexity index is 737. The summed E-state index contributed by atoms with van der Waals surface area (Å²) in [5.74, 6) is -0.597. The van der Waals surface area contributed by atoms with Gasteiger partial charge in [0.05, 0.1) is 29.0 Å². The molecule has 1 fully saturated rings. The van der Waals surface area contributed by atoms with Crippen LogP contribution < -0.4 is 16.0 Å². The molecule has 0 saturated heterocycles. The van der Waals surface area contributed by atoms with Gasteiger partial charge < -0.3 is 31.3 Å². The minimum Gasteiger partial charge on any atom is -0.465 e. The molecule has 1 aromatic rings. The zero-order chi connectivity index (χ0) is 21.1. The number of rotatable bonds is 8. The Balaban J connectivity index is 1.99. The SMILES string of the molecule is CC(C)(O)C(F)CNC(=O)c1cnc(Cl)cc1NC1CC(O)(CNC(=O)O)C1. The zero-order valence-corrected chi connectivity index (χ0v) is 16.3. The molecule has 1 atom stereocenters. The molecule has 156 valence electrons. The van der Waals surface area contributed by atoms with Crippen LogP contribution in [0, 0.1) is 0 Å². The first kappa shape index (κ1) is 22.1. The van der Waals surface area contributed by atoms with Crippen LogP contribution in [0.15, 0.2) is 12.3 Å². The molecule has 11 heteroatoms. The van der Waals surface area contributed by atoms with Crippen LogP contribution in [0.4, 0.5) is 14.9 Å². The van der Waals surface area contributed by atoms with Crippen LogP contribution >= 0.6 is 11.6 Å². The molecule has 0 spiro atoms. The number of carboxylic acid groups (broad SMARTS) is 1. The second kappa shape index (κ2) is 8.46. The van der Waals surface area contributed by atoms with E-state index in [4.69, 9.17) is 16.7 Å². The normalized spacial score (nSPS) is 22.7. The molecular formula is C17H24ClFN4O5. The minimum atomic E-state index is -1.66. The second-order valence-corrected chi connectivity index (χ2v) is 7.90. The summed E-state index contributed by atoms with van der Waals surface area (Å²) in [5, 5.41) is 36.2. The highest BCUT2D eigenvalue weighted by Gasteiger charge is 2.43. The molecule has 0 aliphatic heterocycles. The molecule has 9 nitrogen and oxygen atoms in total. The summed E-state index contributed by atoms with van der Waals surface area (Å²) in [6.45, 7) is 2.13. The van der Waals surface area contributed by atoms with Gasteiger partial charge in [0.15, 0.2) is 0 Å². The number of anilines is 1. The van der Waals surface area contributed by atoms with E-state index in [1.54, 1.807) is 0 Å². The van der Waals surface area contributed by atoms with Gasteiger partial charge in [0, 0.05) is 18.8 Å². The third kappa shape index (κ3) is 5.91. The maximum Gasteiger partial charge on any atom is 0.404 e. The Morgan fingerprint density at radius 1 is 1.43 bits per heavy atom. The van der Waals surface area contributed by atoms with Gasteiger partial charge in [-0.3, -0.25) is 4.79 Å². The summed E-state index contributed by atoms with van der Waals surface area (Å²) in [6.07, 6.45) is -1.11. The van der Waals surface area contributed by atoms with Crippen molar-refractivity contribution in [3.63, 3.8) is 0 Å². The average molecular weight is 419 g/mol. The molecule has 0 bridgehead atoms. The number of nitrogens with zero attached hydrogens (tertiary/aromatic N) is 1. The summed E-state index contributed by atoms with van der Waals surface area (Å²) in [7, 11) is 0. The molecule has 1 aromatic heterocycles. The third-order valence-electron chi connectivity index (χ3n) is 4.50.